The largest absolute Gasteiger partial charge is 0.382 e. The molecule has 0 aromatic heterocycles. The minimum absolute atomic E-state index is 0.287. The quantitative estimate of drug-likeness (QED) is 0.733. The van der Waals surface area contributed by atoms with Crippen molar-refractivity contribution in [3.8, 4) is 0 Å². The normalized spacial score (nSPS) is 13.1. The number of halogens is 2. The van der Waals surface area contributed by atoms with Crippen LogP contribution >= 0.6 is 11.8 Å². The van der Waals surface area contributed by atoms with E-state index >= 15 is 0 Å². The van der Waals surface area contributed by atoms with E-state index in [9.17, 15) is 8.78 Å². The van der Waals surface area contributed by atoms with E-state index in [1.54, 1.807) is 12.1 Å². The van der Waals surface area contributed by atoms with Gasteiger partial charge >= 0.3 is 0 Å². The zero-order chi connectivity index (χ0) is 12.8. The molecule has 1 aromatic carbocycles. The van der Waals surface area contributed by atoms with Crippen molar-refractivity contribution in [2.45, 2.75) is 43.9 Å². The van der Waals surface area contributed by atoms with E-state index in [4.69, 9.17) is 0 Å². The van der Waals surface area contributed by atoms with Crippen molar-refractivity contribution in [2.75, 3.05) is 5.32 Å². The maximum atomic E-state index is 12.4. The van der Waals surface area contributed by atoms with E-state index in [1.165, 1.54) is 0 Å². The van der Waals surface area contributed by atoms with Crippen molar-refractivity contribution < 1.29 is 8.78 Å². The van der Waals surface area contributed by atoms with Crippen LogP contribution in [0.3, 0.4) is 0 Å². The van der Waals surface area contributed by atoms with Crippen molar-refractivity contribution in [1.29, 1.82) is 0 Å². The van der Waals surface area contributed by atoms with E-state index in [2.05, 4.69) is 26.1 Å². The number of rotatable bonds is 6. The number of benzene rings is 1. The van der Waals surface area contributed by atoms with Crippen molar-refractivity contribution in [1.82, 2.24) is 0 Å². The molecule has 1 atom stereocenters. The first kappa shape index (κ1) is 14.3. The van der Waals surface area contributed by atoms with Crippen LogP contribution in [0.15, 0.2) is 29.2 Å². The Morgan fingerprint density at radius 3 is 2.41 bits per heavy atom. The monoisotopic (exact) mass is 259 g/mol. The molecule has 0 radical (unpaired) electrons. The van der Waals surface area contributed by atoms with E-state index < -0.39 is 5.76 Å². The lowest BCUT2D eigenvalue weighted by atomic mass is 10.1. The van der Waals surface area contributed by atoms with Crippen LogP contribution in [0.2, 0.25) is 0 Å². The molecule has 17 heavy (non-hydrogen) atoms. The Morgan fingerprint density at radius 2 is 1.82 bits per heavy atom. The second kappa shape index (κ2) is 6.84. The first-order chi connectivity index (χ1) is 7.99. The molecule has 1 unspecified atom stereocenters. The van der Waals surface area contributed by atoms with Crippen molar-refractivity contribution in [3.05, 3.63) is 24.3 Å². The molecule has 4 heteroatoms. The second-order valence-corrected chi connectivity index (χ2v) is 5.58. The first-order valence-electron chi connectivity index (χ1n) is 5.79. The van der Waals surface area contributed by atoms with Gasteiger partial charge in [0, 0.05) is 16.6 Å². The number of para-hydroxylation sites is 1. The third-order valence-electron chi connectivity index (χ3n) is 2.33. The first-order valence-corrected chi connectivity index (χ1v) is 6.67. The molecule has 0 saturated heterocycles. The average molecular weight is 259 g/mol. The maximum Gasteiger partial charge on any atom is 0.288 e. The molecule has 1 nitrogen and oxygen atoms in total. The molecule has 0 spiro atoms. The molecule has 0 saturated carbocycles. The second-order valence-electron chi connectivity index (χ2n) is 4.55. The van der Waals surface area contributed by atoms with Crippen molar-refractivity contribution in [3.63, 3.8) is 0 Å². The molecule has 96 valence electrons. The molecule has 0 bridgehead atoms. The number of thioether (sulfide) groups is 1. The Balaban J connectivity index is 2.69. The highest BCUT2D eigenvalue weighted by Gasteiger charge is 2.11. The molecular formula is C13H19F2NS. The lowest BCUT2D eigenvalue weighted by Crippen LogP contribution is -2.17. The Morgan fingerprint density at radius 1 is 1.18 bits per heavy atom. The van der Waals surface area contributed by atoms with Gasteiger partial charge in [-0.25, -0.2) is 0 Å². The van der Waals surface area contributed by atoms with Crippen molar-refractivity contribution in [2.24, 2.45) is 5.92 Å². The average Bonchev–Trinajstić information content (AvgIpc) is 2.18. The maximum absolute atomic E-state index is 12.4. The third-order valence-corrected chi connectivity index (χ3v) is 3.12. The minimum Gasteiger partial charge on any atom is -0.382 e. The van der Waals surface area contributed by atoms with E-state index in [0.717, 1.165) is 12.1 Å². The summed E-state index contributed by atoms with van der Waals surface area (Å²) in [5.41, 5.74) is 0.797. The van der Waals surface area contributed by atoms with Gasteiger partial charge in [-0.05, 0) is 31.4 Å². The van der Waals surface area contributed by atoms with Gasteiger partial charge in [-0.3, -0.25) is 0 Å². The summed E-state index contributed by atoms with van der Waals surface area (Å²) < 4.78 is 24.8. The van der Waals surface area contributed by atoms with Crippen LogP contribution in [0.1, 0.15) is 27.2 Å². The van der Waals surface area contributed by atoms with Crippen LogP contribution < -0.4 is 5.32 Å². The number of nitrogens with one attached hydrogen (secondary N) is 1. The summed E-state index contributed by atoms with van der Waals surface area (Å²) in [6.07, 6.45) is 1.02. The predicted octanol–water partition coefficient (Wildman–Crippen LogP) is 4.85. The molecule has 0 aliphatic rings. The van der Waals surface area contributed by atoms with Crippen LogP contribution in [0.5, 0.6) is 0 Å². The number of alkyl halides is 2. The molecule has 0 aliphatic heterocycles. The van der Waals surface area contributed by atoms with Crippen molar-refractivity contribution >= 4 is 17.4 Å². The Labute approximate surface area is 106 Å². The van der Waals surface area contributed by atoms with Gasteiger partial charge in [-0.1, -0.05) is 37.7 Å². The lowest BCUT2D eigenvalue weighted by Gasteiger charge is -2.19. The fourth-order valence-corrected chi connectivity index (χ4v) is 2.42. The summed E-state index contributed by atoms with van der Waals surface area (Å²) in [4.78, 5) is 0.609. The molecule has 0 heterocycles. The van der Waals surface area contributed by atoms with E-state index in [1.807, 2.05) is 12.1 Å². The summed E-state index contributed by atoms with van der Waals surface area (Å²) in [5.74, 6) is -1.79. The SMILES string of the molecule is CC(C)CC(C)Nc1ccccc1SC(F)F. The number of anilines is 1. The van der Waals surface area contributed by atoms with Gasteiger partial charge in [-0.15, -0.1) is 0 Å². The van der Waals surface area contributed by atoms with Gasteiger partial charge in [-0.2, -0.15) is 8.78 Å². The predicted molar refractivity (Wildman–Crippen MR) is 70.8 cm³/mol. The van der Waals surface area contributed by atoms with Gasteiger partial charge in [0.25, 0.3) is 5.76 Å². The molecule has 0 aliphatic carbocycles. The fraction of sp³-hybridized carbons (Fsp3) is 0.538. The Hall–Kier alpha value is -0.770. The van der Waals surface area contributed by atoms with Crippen LogP contribution in [-0.4, -0.2) is 11.8 Å². The standard InChI is InChI=1S/C13H19F2NS/c1-9(2)8-10(3)16-11-6-4-5-7-12(11)17-13(14)15/h4-7,9-10,13,16H,8H2,1-3H3. The lowest BCUT2D eigenvalue weighted by molar-refractivity contribution is 0.252. The van der Waals surface area contributed by atoms with Crippen LogP contribution in [-0.2, 0) is 0 Å². The molecule has 1 N–H and O–H groups in total. The molecule has 0 amide bonds. The summed E-state index contributed by atoms with van der Waals surface area (Å²) >= 11 is 0.590. The zero-order valence-corrected chi connectivity index (χ0v) is 11.2. The molecule has 1 aromatic rings. The van der Waals surface area contributed by atoms with E-state index in [-0.39, 0.29) is 6.04 Å². The highest BCUT2D eigenvalue weighted by atomic mass is 32.2. The van der Waals surface area contributed by atoms with Crippen LogP contribution in [0, 0.1) is 5.92 Å². The number of hydrogen-bond donors (Lipinski definition) is 1. The number of hydrogen-bond acceptors (Lipinski definition) is 2. The molecule has 1 rings (SSSR count). The van der Waals surface area contributed by atoms with Crippen LogP contribution in [0.4, 0.5) is 14.5 Å². The summed E-state index contributed by atoms with van der Waals surface area (Å²) in [6.45, 7) is 6.37. The molecular weight excluding hydrogens is 240 g/mol. The topological polar surface area (TPSA) is 12.0 Å². The minimum atomic E-state index is -2.38. The van der Waals surface area contributed by atoms with Gasteiger partial charge in [0.2, 0.25) is 0 Å². The van der Waals surface area contributed by atoms with E-state index in [0.29, 0.717) is 22.6 Å². The van der Waals surface area contributed by atoms with Gasteiger partial charge < -0.3 is 5.32 Å². The van der Waals surface area contributed by atoms with Gasteiger partial charge in [0.15, 0.2) is 0 Å². The summed E-state index contributed by atoms with van der Waals surface area (Å²) in [5, 5.41) is 3.29. The van der Waals surface area contributed by atoms with Gasteiger partial charge in [0.05, 0.1) is 0 Å². The molecule has 0 fully saturated rings. The van der Waals surface area contributed by atoms with Crippen LogP contribution in [0.25, 0.3) is 0 Å². The highest BCUT2D eigenvalue weighted by molar-refractivity contribution is 7.99. The highest BCUT2D eigenvalue weighted by Crippen LogP contribution is 2.32. The summed E-state index contributed by atoms with van der Waals surface area (Å²) in [6, 6.07) is 7.50. The fourth-order valence-electron chi connectivity index (χ4n) is 1.82. The third kappa shape index (κ3) is 5.39. The summed E-state index contributed by atoms with van der Waals surface area (Å²) in [7, 11) is 0. The Kier molecular flexibility index (Phi) is 5.75. The van der Waals surface area contributed by atoms with Gasteiger partial charge in [0.1, 0.15) is 0 Å². The smallest absolute Gasteiger partial charge is 0.288 e. The zero-order valence-electron chi connectivity index (χ0n) is 10.4. The Bertz CT molecular complexity index is 342.